The number of rotatable bonds is 2. The van der Waals surface area contributed by atoms with Gasteiger partial charge in [-0.2, -0.15) is 0 Å². The van der Waals surface area contributed by atoms with Crippen molar-refractivity contribution >= 4 is 11.5 Å². The van der Waals surface area contributed by atoms with Crippen LogP contribution >= 0.6 is 0 Å². The van der Waals surface area contributed by atoms with Crippen molar-refractivity contribution < 1.29 is 4.79 Å². The van der Waals surface area contributed by atoms with Crippen LogP contribution in [0.25, 0.3) is 0 Å². The van der Waals surface area contributed by atoms with Gasteiger partial charge < -0.3 is 5.32 Å². The highest BCUT2D eigenvalue weighted by molar-refractivity contribution is 5.84. The first kappa shape index (κ1) is 10.2. The van der Waals surface area contributed by atoms with Gasteiger partial charge in [-0.15, -0.1) is 0 Å². The van der Waals surface area contributed by atoms with Gasteiger partial charge in [0.25, 0.3) is 0 Å². The van der Waals surface area contributed by atoms with E-state index in [0.29, 0.717) is 5.78 Å². The minimum absolute atomic E-state index is 0.186. The lowest BCUT2D eigenvalue weighted by atomic mass is 9.73. The molecule has 1 aliphatic rings. The van der Waals surface area contributed by atoms with E-state index in [1.807, 2.05) is 12.1 Å². The van der Waals surface area contributed by atoms with Crippen LogP contribution in [0.4, 0.5) is 5.69 Å². The van der Waals surface area contributed by atoms with E-state index in [0.717, 1.165) is 19.4 Å². The second kappa shape index (κ2) is 3.69. The SMILES string of the molecule is CCC1(C(C)=O)CNc2ccccc2C1. The number of hydrogen-bond acceptors (Lipinski definition) is 2. The quantitative estimate of drug-likeness (QED) is 0.800. The summed E-state index contributed by atoms with van der Waals surface area (Å²) in [6, 6.07) is 8.24. The molecule has 0 amide bonds. The zero-order chi connectivity index (χ0) is 10.9. The number of nitrogens with one attached hydrogen (secondary N) is 1. The van der Waals surface area contributed by atoms with Gasteiger partial charge in [-0.25, -0.2) is 0 Å². The number of ketones is 1. The summed E-state index contributed by atoms with van der Waals surface area (Å²) in [5, 5.41) is 3.36. The Hall–Kier alpha value is -1.31. The summed E-state index contributed by atoms with van der Waals surface area (Å²) in [6.07, 6.45) is 1.78. The third kappa shape index (κ3) is 1.65. The van der Waals surface area contributed by atoms with Gasteiger partial charge in [0, 0.05) is 17.6 Å². The summed E-state index contributed by atoms with van der Waals surface area (Å²) in [4.78, 5) is 11.7. The zero-order valence-corrected chi connectivity index (χ0v) is 9.34. The van der Waals surface area contributed by atoms with E-state index in [4.69, 9.17) is 0 Å². The summed E-state index contributed by atoms with van der Waals surface area (Å²) in [6.45, 7) is 4.58. The maximum Gasteiger partial charge on any atom is 0.138 e. The highest BCUT2D eigenvalue weighted by atomic mass is 16.1. The Bertz CT molecular complexity index is 386. The molecule has 0 fully saturated rings. The fourth-order valence-corrected chi connectivity index (χ4v) is 2.29. The van der Waals surface area contributed by atoms with Gasteiger partial charge in [-0.1, -0.05) is 25.1 Å². The lowest BCUT2D eigenvalue weighted by molar-refractivity contribution is -0.126. The molecule has 1 aromatic carbocycles. The Morgan fingerprint density at radius 3 is 2.87 bits per heavy atom. The van der Waals surface area contributed by atoms with E-state index >= 15 is 0 Å². The van der Waals surface area contributed by atoms with Crippen LogP contribution in [0.3, 0.4) is 0 Å². The molecule has 2 heteroatoms. The van der Waals surface area contributed by atoms with Crippen molar-refractivity contribution in [2.75, 3.05) is 11.9 Å². The third-order valence-electron chi connectivity index (χ3n) is 3.59. The Morgan fingerprint density at radius 2 is 2.20 bits per heavy atom. The molecular formula is C13H17NO. The molecule has 1 heterocycles. The van der Waals surface area contributed by atoms with Gasteiger partial charge in [-0.3, -0.25) is 4.79 Å². The van der Waals surface area contributed by atoms with E-state index in [2.05, 4.69) is 24.4 Å². The molecule has 1 unspecified atom stereocenters. The first-order valence-electron chi connectivity index (χ1n) is 5.51. The molecule has 80 valence electrons. The van der Waals surface area contributed by atoms with Crippen LogP contribution in [-0.2, 0) is 11.2 Å². The molecule has 0 aromatic heterocycles. The number of hydrogen-bond donors (Lipinski definition) is 1. The number of Topliss-reactive ketones (excluding diaryl/α,β-unsaturated/α-hetero) is 1. The van der Waals surface area contributed by atoms with E-state index in [9.17, 15) is 4.79 Å². The number of para-hydroxylation sites is 1. The highest BCUT2D eigenvalue weighted by Gasteiger charge is 2.36. The number of carbonyl (C=O) groups is 1. The lowest BCUT2D eigenvalue weighted by Gasteiger charge is -2.36. The van der Waals surface area contributed by atoms with Crippen LogP contribution in [0.1, 0.15) is 25.8 Å². The van der Waals surface area contributed by atoms with Crippen LogP contribution in [0.2, 0.25) is 0 Å². The Morgan fingerprint density at radius 1 is 1.47 bits per heavy atom. The molecule has 1 atom stereocenters. The Labute approximate surface area is 90.7 Å². The maximum atomic E-state index is 11.7. The van der Waals surface area contributed by atoms with Gasteiger partial charge in [0.15, 0.2) is 0 Å². The minimum Gasteiger partial charge on any atom is -0.384 e. The van der Waals surface area contributed by atoms with E-state index in [1.54, 1.807) is 6.92 Å². The molecule has 1 aromatic rings. The molecule has 0 radical (unpaired) electrons. The number of anilines is 1. The fraction of sp³-hybridized carbons (Fsp3) is 0.462. The molecular weight excluding hydrogens is 186 g/mol. The van der Waals surface area contributed by atoms with Crippen molar-refractivity contribution in [3.8, 4) is 0 Å². The van der Waals surface area contributed by atoms with Crippen LogP contribution in [0.5, 0.6) is 0 Å². The van der Waals surface area contributed by atoms with Crippen molar-refractivity contribution in [1.29, 1.82) is 0 Å². The predicted molar refractivity (Wildman–Crippen MR) is 62.0 cm³/mol. The second-order valence-electron chi connectivity index (χ2n) is 4.38. The monoisotopic (exact) mass is 203 g/mol. The zero-order valence-electron chi connectivity index (χ0n) is 9.34. The third-order valence-corrected chi connectivity index (χ3v) is 3.59. The fourth-order valence-electron chi connectivity index (χ4n) is 2.29. The molecule has 0 saturated heterocycles. The topological polar surface area (TPSA) is 29.1 Å². The van der Waals surface area contributed by atoms with Gasteiger partial charge in [0.2, 0.25) is 0 Å². The average Bonchev–Trinajstić information content (AvgIpc) is 2.28. The molecule has 0 saturated carbocycles. The molecule has 0 aliphatic carbocycles. The van der Waals surface area contributed by atoms with Crippen molar-refractivity contribution in [3.63, 3.8) is 0 Å². The first-order valence-corrected chi connectivity index (χ1v) is 5.51. The van der Waals surface area contributed by atoms with Crippen LogP contribution in [0, 0.1) is 5.41 Å². The smallest absolute Gasteiger partial charge is 0.138 e. The molecule has 1 N–H and O–H groups in total. The van der Waals surface area contributed by atoms with Crippen molar-refractivity contribution in [2.45, 2.75) is 26.7 Å². The molecule has 1 aliphatic heterocycles. The standard InChI is InChI=1S/C13H17NO/c1-3-13(10(2)15)8-11-6-4-5-7-12(11)14-9-13/h4-7,14H,3,8-9H2,1-2H3. The van der Waals surface area contributed by atoms with E-state index in [-0.39, 0.29) is 5.41 Å². The van der Waals surface area contributed by atoms with E-state index in [1.165, 1.54) is 11.3 Å². The summed E-state index contributed by atoms with van der Waals surface area (Å²) < 4.78 is 0. The predicted octanol–water partition coefficient (Wildman–Crippen LogP) is 2.64. The largest absolute Gasteiger partial charge is 0.384 e. The van der Waals surface area contributed by atoms with Gasteiger partial charge in [0.05, 0.1) is 0 Å². The first-order chi connectivity index (χ1) is 7.18. The lowest BCUT2D eigenvalue weighted by Crippen LogP contribution is -2.41. The van der Waals surface area contributed by atoms with Gasteiger partial charge >= 0.3 is 0 Å². The molecule has 2 nitrogen and oxygen atoms in total. The molecule has 0 bridgehead atoms. The maximum absolute atomic E-state index is 11.7. The molecule has 0 spiro atoms. The van der Waals surface area contributed by atoms with Crippen LogP contribution < -0.4 is 5.32 Å². The molecule has 15 heavy (non-hydrogen) atoms. The summed E-state index contributed by atoms with van der Waals surface area (Å²) >= 11 is 0. The minimum atomic E-state index is -0.186. The van der Waals surface area contributed by atoms with Crippen LogP contribution in [0.15, 0.2) is 24.3 Å². The van der Waals surface area contributed by atoms with E-state index < -0.39 is 0 Å². The number of fused-ring (bicyclic) bond motifs is 1. The Balaban J connectivity index is 2.35. The number of carbonyl (C=O) groups excluding carboxylic acids is 1. The summed E-state index contributed by atoms with van der Waals surface area (Å²) in [7, 11) is 0. The second-order valence-corrected chi connectivity index (χ2v) is 4.38. The van der Waals surface area contributed by atoms with Crippen molar-refractivity contribution in [2.24, 2.45) is 5.41 Å². The van der Waals surface area contributed by atoms with Crippen molar-refractivity contribution in [1.82, 2.24) is 0 Å². The van der Waals surface area contributed by atoms with Crippen LogP contribution in [-0.4, -0.2) is 12.3 Å². The summed E-state index contributed by atoms with van der Waals surface area (Å²) in [5.74, 6) is 0.298. The Kier molecular flexibility index (Phi) is 2.51. The summed E-state index contributed by atoms with van der Waals surface area (Å²) in [5.41, 5.74) is 2.26. The highest BCUT2D eigenvalue weighted by Crippen LogP contribution is 2.35. The van der Waals surface area contributed by atoms with Gasteiger partial charge in [0.1, 0.15) is 5.78 Å². The average molecular weight is 203 g/mol. The van der Waals surface area contributed by atoms with Crippen molar-refractivity contribution in [3.05, 3.63) is 29.8 Å². The number of benzene rings is 1. The normalized spacial score (nSPS) is 24.1. The van der Waals surface area contributed by atoms with Gasteiger partial charge in [-0.05, 0) is 31.4 Å². The molecule has 2 rings (SSSR count).